The number of rotatable bonds is 9. The van der Waals surface area contributed by atoms with E-state index in [9.17, 15) is 13.2 Å². The maximum Gasteiger partial charge on any atom is 0.250 e. The summed E-state index contributed by atoms with van der Waals surface area (Å²) in [5, 5.41) is 5.91. The Bertz CT molecular complexity index is 670. The van der Waals surface area contributed by atoms with E-state index in [2.05, 4.69) is 76.4 Å². The number of aryl methyl sites for hydroxylation is 1. The van der Waals surface area contributed by atoms with Crippen molar-refractivity contribution in [2.45, 2.75) is 80.1 Å². The van der Waals surface area contributed by atoms with Crippen molar-refractivity contribution in [2.75, 3.05) is 33.9 Å². The average Bonchev–Trinajstić information content (AvgIpc) is 2.90. The lowest BCUT2D eigenvalue weighted by Crippen LogP contribution is -2.45. The van der Waals surface area contributed by atoms with Gasteiger partial charge in [0.25, 0.3) is 6.43 Å². The molecular weight excluding hydrogens is 445 g/mol. The number of nitrogens with one attached hydrogen (secondary N) is 2. The topological polar surface area (TPSA) is 24.1 Å². The second-order valence-electron chi connectivity index (χ2n) is 8.04. The average molecular weight is 499 g/mol. The first-order valence-corrected chi connectivity index (χ1v) is 12.9. The summed E-state index contributed by atoms with van der Waals surface area (Å²) >= 11 is 0. The van der Waals surface area contributed by atoms with Crippen LogP contribution in [0, 0.1) is 12.8 Å². The quantitative estimate of drug-likeness (QED) is 0.362. The molecule has 0 saturated carbocycles. The van der Waals surface area contributed by atoms with Gasteiger partial charge in [-0.05, 0) is 43.1 Å². The van der Waals surface area contributed by atoms with Crippen molar-refractivity contribution in [2.24, 2.45) is 5.92 Å². The minimum absolute atomic E-state index is 0.260. The third-order valence-electron chi connectivity index (χ3n) is 5.46. The Kier molecular flexibility index (Phi) is 27.2. The lowest BCUT2D eigenvalue weighted by molar-refractivity contribution is 0.142. The summed E-state index contributed by atoms with van der Waals surface area (Å²) in [6.45, 7) is 18.1. The molecule has 2 aromatic carbocycles. The van der Waals surface area contributed by atoms with Crippen LogP contribution in [0.1, 0.15) is 78.0 Å². The molecule has 0 radical (unpaired) electrons. The predicted molar refractivity (Wildman–Crippen MR) is 151 cm³/mol. The Morgan fingerprint density at radius 3 is 1.66 bits per heavy atom. The highest BCUT2D eigenvalue weighted by Crippen LogP contribution is 2.40. The molecular formula is C30H53F3N2. The number of unbranched alkanes of at least 4 members (excludes halogenated alkanes) is 1. The van der Waals surface area contributed by atoms with E-state index in [1.165, 1.54) is 24.0 Å². The van der Waals surface area contributed by atoms with Gasteiger partial charge in [-0.3, -0.25) is 4.39 Å². The van der Waals surface area contributed by atoms with Gasteiger partial charge in [0.1, 0.15) is 0 Å². The van der Waals surface area contributed by atoms with Gasteiger partial charge in [0.05, 0.1) is 13.7 Å². The summed E-state index contributed by atoms with van der Waals surface area (Å²) in [5.74, 6) is 0.260. The Hall–Kier alpha value is -1.85. The smallest absolute Gasteiger partial charge is 0.250 e. The Balaban J connectivity index is -0.000000721. The second-order valence-corrected chi connectivity index (χ2v) is 8.04. The fraction of sp³-hybridized carbons (Fsp3) is 0.600. The normalized spacial score (nSPS) is 11.4. The van der Waals surface area contributed by atoms with Gasteiger partial charge in [-0.1, -0.05) is 116 Å². The van der Waals surface area contributed by atoms with Crippen LogP contribution in [0.25, 0.3) is 0 Å². The molecule has 0 spiro atoms. The third-order valence-corrected chi connectivity index (χ3v) is 5.46. The molecule has 35 heavy (non-hydrogen) atoms. The zero-order chi connectivity index (χ0) is 27.7. The number of hydrogen-bond donors (Lipinski definition) is 2. The Morgan fingerprint density at radius 1 is 0.829 bits per heavy atom. The van der Waals surface area contributed by atoms with Crippen molar-refractivity contribution in [3.05, 3.63) is 71.3 Å². The molecule has 0 bridgehead atoms. The van der Waals surface area contributed by atoms with E-state index < -0.39 is 6.43 Å². The van der Waals surface area contributed by atoms with Gasteiger partial charge in [0, 0.05) is 12.0 Å². The van der Waals surface area contributed by atoms with Gasteiger partial charge in [-0.15, -0.1) is 0 Å². The van der Waals surface area contributed by atoms with E-state index in [0.717, 1.165) is 12.1 Å². The molecule has 0 aliphatic carbocycles. The zero-order valence-corrected chi connectivity index (χ0v) is 24.0. The lowest BCUT2D eigenvalue weighted by atomic mass is 9.65. The summed E-state index contributed by atoms with van der Waals surface area (Å²) in [7, 11) is 2.43. The largest absolute Gasteiger partial charge is 0.320 e. The molecule has 2 nitrogen and oxygen atoms in total. The van der Waals surface area contributed by atoms with Crippen LogP contribution < -0.4 is 10.6 Å². The molecule has 2 rings (SSSR count). The van der Waals surface area contributed by atoms with E-state index >= 15 is 0 Å². The standard InChI is InChI=1S/C20H25F2N.C4H10.C3H9N.C2H6.CH3F/c1-15(2)20(14-23-13-19(21)22,17-10-5-4-6-11-17)18-12-8-7-9-16(18)3;2*1-3-4-2;2*1-2/h4-12,15,19,23H,13-14H2,1-3H3;3-4H2,1-2H3;4H,3H2,1-2H3;1-2H3;1H3. The highest BCUT2D eigenvalue weighted by atomic mass is 19.3. The van der Waals surface area contributed by atoms with Crippen molar-refractivity contribution in [1.82, 2.24) is 10.6 Å². The molecule has 1 atom stereocenters. The minimum atomic E-state index is -2.34. The molecule has 1 unspecified atom stereocenters. The van der Waals surface area contributed by atoms with E-state index in [1.807, 2.05) is 51.2 Å². The van der Waals surface area contributed by atoms with Crippen molar-refractivity contribution in [3.63, 3.8) is 0 Å². The number of halogens is 3. The molecule has 0 heterocycles. The van der Waals surface area contributed by atoms with Crippen LogP contribution in [0.2, 0.25) is 0 Å². The first-order chi connectivity index (χ1) is 16.8. The molecule has 204 valence electrons. The molecule has 2 aromatic rings. The van der Waals surface area contributed by atoms with Crippen LogP contribution >= 0.6 is 0 Å². The fourth-order valence-corrected chi connectivity index (χ4v) is 3.39. The molecule has 0 aliphatic heterocycles. The van der Waals surface area contributed by atoms with Gasteiger partial charge in [-0.25, -0.2) is 8.78 Å². The van der Waals surface area contributed by atoms with Gasteiger partial charge >= 0.3 is 0 Å². The van der Waals surface area contributed by atoms with E-state index in [0.29, 0.717) is 13.7 Å². The van der Waals surface area contributed by atoms with E-state index in [4.69, 9.17) is 0 Å². The Morgan fingerprint density at radius 2 is 1.29 bits per heavy atom. The SMILES string of the molecule is CC.CCCC.CCNC.CF.Cc1ccccc1C(CNCC(F)F)(c1ccccc1)C(C)C. The van der Waals surface area contributed by atoms with Crippen molar-refractivity contribution < 1.29 is 13.2 Å². The van der Waals surface area contributed by atoms with Crippen molar-refractivity contribution >= 4 is 0 Å². The highest BCUT2D eigenvalue weighted by molar-refractivity contribution is 5.44. The summed E-state index contributed by atoms with van der Waals surface area (Å²) < 4.78 is 34.8. The molecule has 0 aromatic heterocycles. The number of alkyl halides is 3. The second kappa shape index (κ2) is 25.2. The molecule has 5 heteroatoms. The predicted octanol–water partition coefficient (Wildman–Crippen LogP) is 8.44. The van der Waals surface area contributed by atoms with E-state index in [1.54, 1.807) is 0 Å². The van der Waals surface area contributed by atoms with Gasteiger partial charge in [0.2, 0.25) is 0 Å². The molecule has 0 fully saturated rings. The van der Waals surface area contributed by atoms with Gasteiger partial charge in [-0.2, -0.15) is 0 Å². The first-order valence-electron chi connectivity index (χ1n) is 12.9. The monoisotopic (exact) mass is 498 g/mol. The lowest BCUT2D eigenvalue weighted by Gasteiger charge is -2.40. The zero-order valence-electron chi connectivity index (χ0n) is 24.0. The third kappa shape index (κ3) is 15.0. The molecule has 0 amide bonds. The summed E-state index contributed by atoms with van der Waals surface area (Å²) in [6.07, 6.45) is 0.299. The van der Waals surface area contributed by atoms with Crippen molar-refractivity contribution in [3.8, 4) is 0 Å². The molecule has 0 saturated heterocycles. The fourth-order valence-electron chi connectivity index (χ4n) is 3.39. The minimum Gasteiger partial charge on any atom is -0.320 e. The summed E-state index contributed by atoms with van der Waals surface area (Å²) in [4.78, 5) is 0. The number of benzene rings is 2. The van der Waals surface area contributed by atoms with Crippen LogP contribution in [0.15, 0.2) is 54.6 Å². The van der Waals surface area contributed by atoms with Gasteiger partial charge < -0.3 is 10.6 Å². The summed E-state index contributed by atoms with van der Waals surface area (Å²) in [6, 6.07) is 18.4. The van der Waals surface area contributed by atoms with Crippen LogP contribution in [-0.4, -0.2) is 40.3 Å². The van der Waals surface area contributed by atoms with E-state index in [-0.39, 0.29) is 17.9 Å². The van der Waals surface area contributed by atoms with Crippen LogP contribution in [0.3, 0.4) is 0 Å². The molecule has 0 aliphatic rings. The summed E-state index contributed by atoms with van der Waals surface area (Å²) in [5.41, 5.74) is 3.21. The van der Waals surface area contributed by atoms with Crippen molar-refractivity contribution in [1.29, 1.82) is 0 Å². The maximum atomic E-state index is 12.6. The number of hydrogen-bond acceptors (Lipinski definition) is 2. The van der Waals surface area contributed by atoms with Crippen LogP contribution in [-0.2, 0) is 5.41 Å². The van der Waals surface area contributed by atoms with Crippen LogP contribution in [0.4, 0.5) is 13.2 Å². The Labute approximate surface area is 215 Å². The molecule has 2 N–H and O–H groups in total. The highest BCUT2D eigenvalue weighted by Gasteiger charge is 2.38. The maximum absolute atomic E-state index is 12.6. The van der Waals surface area contributed by atoms with Crippen LogP contribution in [0.5, 0.6) is 0 Å². The first kappa shape index (κ1) is 37.7. The van der Waals surface area contributed by atoms with Gasteiger partial charge in [0.15, 0.2) is 0 Å².